The zero-order chi connectivity index (χ0) is 28.7. The van der Waals surface area contributed by atoms with Crippen molar-refractivity contribution in [2.45, 2.75) is 52.6 Å². The third-order valence-corrected chi connectivity index (χ3v) is 9.98. The number of guanidine groups is 1. The largest absolute Gasteiger partial charge is 0.497 e. The standard InChI is InChI=1S/C32H41FN6O2/c1-20-26-15-22(32(26,2)3)16-28(20)37-31(38-13-10-34-11-14-38)36-23-6-8-25-29(17-23)35-19-39(30(25)40)12-9-21-5-7-24(41-4)18-27(21)33/h5-8,17-20,22,26,28,34H,9-16H2,1-4H3,(H,36,37)/t20-,22-,26+,28?/m0/s1. The fraction of sp³-hybridized carbons (Fsp3) is 0.531. The molecule has 3 saturated carbocycles. The molecule has 1 saturated heterocycles. The fourth-order valence-corrected chi connectivity index (χ4v) is 7.14. The van der Waals surface area contributed by atoms with E-state index >= 15 is 0 Å². The first kappa shape index (κ1) is 27.7. The lowest BCUT2D eigenvalue weighted by molar-refractivity contribution is -0.108. The van der Waals surface area contributed by atoms with Gasteiger partial charge in [-0.1, -0.05) is 26.8 Å². The van der Waals surface area contributed by atoms with E-state index in [9.17, 15) is 9.18 Å². The Bertz CT molecular complexity index is 1510. The molecule has 4 fully saturated rings. The number of fused-ring (bicyclic) bond motifs is 3. The number of nitrogens with one attached hydrogen (secondary N) is 2. The number of rotatable bonds is 6. The minimum atomic E-state index is -0.341. The Kier molecular flexibility index (Phi) is 7.49. The van der Waals surface area contributed by atoms with E-state index in [0.717, 1.165) is 56.1 Å². The fourth-order valence-electron chi connectivity index (χ4n) is 7.14. The van der Waals surface area contributed by atoms with Crippen LogP contribution in [0.15, 0.2) is 52.5 Å². The number of hydrogen-bond donors (Lipinski definition) is 2. The molecular formula is C32H41FN6O2. The summed E-state index contributed by atoms with van der Waals surface area (Å²) in [5.74, 6) is 3.07. The highest BCUT2D eigenvalue weighted by Gasteiger charge is 2.56. The number of aryl methyl sites for hydroxylation is 2. The lowest BCUT2D eigenvalue weighted by Gasteiger charge is -2.61. The minimum Gasteiger partial charge on any atom is -0.497 e. The number of methoxy groups -OCH3 is 1. The Balaban J connectivity index is 1.21. The normalized spacial score (nSPS) is 25.6. The number of aliphatic imine (C=N–C) groups is 1. The van der Waals surface area contributed by atoms with Crippen LogP contribution in [0.5, 0.6) is 5.75 Å². The minimum absolute atomic E-state index is 0.135. The van der Waals surface area contributed by atoms with Crippen LogP contribution in [0.1, 0.15) is 39.2 Å². The van der Waals surface area contributed by atoms with Crippen molar-refractivity contribution in [3.63, 3.8) is 0 Å². The zero-order valence-electron chi connectivity index (χ0n) is 24.5. The molecule has 0 spiro atoms. The predicted octanol–water partition coefficient (Wildman–Crippen LogP) is 4.53. The number of nitrogens with zero attached hydrogens (tertiary/aromatic N) is 4. The topological polar surface area (TPSA) is 83.8 Å². The first-order chi connectivity index (χ1) is 19.7. The summed E-state index contributed by atoms with van der Waals surface area (Å²) in [4.78, 5) is 25.5. The highest BCUT2D eigenvalue weighted by atomic mass is 19.1. The van der Waals surface area contributed by atoms with Crippen molar-refractivity contribution >= 4 is 22.5 Å². The van der Waals surface area contributed by atoms with E-state index in [1.54, 1.807) is 23.0 Å². The monoisotopic (exact) mass is 560 g/mol. The van der Waals surface area contributed by atoms with Gasteiger partial charge < -0.3 is 20.3 Å². The van der Waals surface area contributed by atoms with Crippen molar-refractivity contribution in [3.8, 4) is 5.75 Å². The maximum atomic E-state index is 14.4. The molecule has 2 N–H and O–H groups in total. The summed E-state index contributed by atoms with van der Waals surface area (Å²) in [6.07, 6.45) is 4.41. The van der Waals surface area contributed by atoms with Gasteiger partial charge in [-0.3, -0.25) is 9.36 Å². The van der Waals surface area contributed by atoms with Crippen molar-refractivity contribution < 1.29 is 9.13 Å². The summed E-state index contributed by atoms with van der Waals surface area (Å²) < 4.78 is 21.0. The highest BCUT2D eigenvalue weighted by Crippen LogP contribution is 2.61. The summed E-state index contributed by atoms with van der Waals surface area (Å²) in [6.45, 7) is 11.2. The number of aromatic nitrogens is 2. The van der Waals surface area contributed by atoms with Crippen LogP contribution in [0.3, 0.4) is 0 Å². The molecule has 3 aromatic rings. The predicted molar refractivity (Wildman–Crippen MR) is 161 cm³/mol. The van der Waals surface area contributed by atoms with Gasteiger partial charge in [-0.25, -0.2) is 14.4 Å². The Morgan fingerprint density at radius 3 is 2.71 bits per heavy atom. The van der Waals surface area contributed by atoms with Gasteiger partial charge in [-0.2, -0.15) is 0 Å². The van der Waals surface area contributed by atoms with E-state index in [1.807, 2.05) is 18.2 Å². The zero-order valence-corrected chi connectivity index (χ0v) is 24.5. The van der Waals surface area contributed by atoms with Gasteiger partial charge in [0.15, 0.2) is 5.96 Å². The van der Waals surface area contributed by atoms with Gasteiger partial charge >= 0.3 is 0 Å². The van der Waals surface area contributed by atoms with E-state index in [1.165, 1.54) is 19.6 Å². The number of benzene rings is 2. The molecule has 41 heavy (non-hydrogen) atoms. The van der Waals surface area contributed by atoms with Gasteiger partial charge in [-0.15, -0.1) is 0 Å². The molecule has 9 heteroatoms. The Morgan fingerprint density at radius 1 is 1.20 bits per heavy atom. The number of halogens is 1. The maximum absolute atomic E-state index is 14.4. The van der Waals surface area contributed by atoms with Crippen LogP contribution in [0.25, 0.3) is 10.9 Å². The molecule has 3 aliphatic carbocycles. The molecule has 1 unspecified atom stereocenters. The van der Waals surface area contributed by atoms with Gasteiger partial charge in [0, 0.05) is 44.5 Å². The molecule has 1 aliphatic heterocycles. The molecule has 2 bridgehead atoms. The van der Waals surface area contributed by atoms with E-state index in [2.05, 4.69) is 41.3 Å². The van der Waals surface area contributed by atoms with Gasteiger partial charge in [-0.05, 0) is 72.3 Å². The number of ether oxygens (including phenoxy) is 1. The van der Waals surface area contributed by atoms with Gasteiger partial charge in [0.1, 0.15) is 11.6 Å². The van der Waals surface area contributed by atoms with Crippen LogP contribution in [-0.4, -0.2) is 59.7 Å². The first-order valence-corrected chi connectivity index (χ1v) is 14.9. The second kappa shape index (κ2) is 11.1. The lowest BCUT2D eigenvalue weighted by Crippen LogP contribution is -2.57. The third-order valence-electron chi connectivity index (χ3n) is 9.98. The van der Waals surface area contributed by atoms with Crippen LogP contribution in [0, 0.1) is 29.0 Å². The summed E-state index contributed by atoms with van der Waals surface area (Å²) in [6, 6.07) is 10.8. The quantitative estimate of drug-likeness (QED) is 0.341. The summed E-state index contributed by atoms with van der Waals surface area (Å²) in [7, 11) is 1.51. The SMILES string of the molecule is COc1ccc(CCn2cnc3cc(N/C(=N/C4C[C@@H]5C[C@H]([C@@H]4C)C5(C)C)N4CCNCC4)ccc3c2=O)c(F)c1. The molecule has 0 radical (unpaired) electrons. The Labute approximate surface area is 241 Å². The third kappa shape index (κ3) is 5.32. The summed E-state index contributed by atoms with van der Waals surface area (Å²) in [5, 5.41) is 7.58. The molecule has 2 aromatic carbocycles. The summed E-state index contributed by atoms with van der Waals surface area (Å²) >= 11 is 0. The van der Waals surface area contributed by atoms with Gasteiger partial charge in [0.25, 0.3) is 5.56 Å². The second-order valence-corrected chi connectivity index (χ2v) is 12.5. The Hall–Kier alpha value is -3.46. The Morgan fingerprint density at radius 2 is 2.00 bits per heavy atom. The molecular weight excluding hydrogens is 519 g/mol. The van der Waals surface area contributed by atoms with Crippen molar-refractivity contribution in [2.75, 3.05) is 38.6 Å². The number of piperazine rings is 1. The molecule has 8 nitrogen and oxygen atoms in total. The average Bonchev–Trinajstić information content (AvgIpc) is 2.98. The molecule has 218 valence electrons. The maximum Gasteiger partial charge on any atom is 0.261 e. The van der Waals surface area contributed by atoms with Crippen LogP contribution < -0.4 is 20.9 Å². The highest BCUT2D eigenvalue weighted by molar-refractivity contribution is 5.96. The van der Waals surface area contributed by atoms with E-state index in [4.69, 9.17) is 9.73 Å². The van der Waals surface area contributed by atoms with Crippen LogP contribution >= 0.6 is 0 Å². The van der Waals surface area contributed by atoms with Crippen LogP contribution in [-0.2, 0) is 13.0 Å². The molecule has 7 rings (SSSR count). The smallest absolute Gasteiger partial charge is 0.261 e. The number of anilines is 1. The summed E-state index contributed by atoms with van der Waals surface area (Å²) in [5.41, 5.74) is 2.32. The van der Waals surface area contributed by atoms with E-state index in [-0.39, 0.29) is 11.4 Å². The van der Waals surface area contributed by atoms with E-state index < -0.39 is 0 Å². The lowest BCUT2D eigenvalue weighted by atomic mass is 9.45. The average molecular weight is 561 g/mol. The van der Waals surface area contributed by atoms with Crippen molar-refractivity contribution in [1.29, 1.82) is 0 Å². The molecule has 2 heterocycles. The molecule has 0 amide bonds. The molecule has 1 aromatic heterocycles. The number of hydrogen-bond acceptors (Lipinski definition) is 5. The van der Waals surface area contributed by atoms with Crippen molar-refractivity contribution in [2.24, 2.45) is 28.2 Å². The van der Waals surface area contributed by atoms with E-state index in [0.29, 0.717) is 52.6 Å². The second-order valence-electron chi connectivity index (χ2n) is 12.5. The van der Waals surface area contributed by atoms with Gasteiger partial charge in [0.05, 0.1) is 30.4 Å². The van der Waals surface area contributed by atoms with Crippen molar-refractivity contribution in [1.82, 2.24) is 19.8 Å². The van der Waals surface area contributed by atoms with Gasteiger partial charge in [0.2, 0.25) is 0 Å². The van der Waals surface area contributed by atoms with Crippen molar-refractivity contribution in [3.05, 3.63) is 64.5 Å². The molecule has 4 aliphatic rings. The molecule has 4 atom stereocenters. The first-order valence-electron chi connectivity index (χ1n) is 14.9. The van der Waals surface area contributed by atoms with Crippen LogP contribution in [0.2, 0.25) is 0 Å². The van der Waals surface area contributed by atoms with Crippen LogP contribution in [0.4, 0.5) is 10.1 Å².